The number of amides is 3. The standard InChI is InChI=1S/C26H24N2O6/c1-15-5-3-8-21-23(15)25(32)28(24(21)31)20-11-9-17(10-12-20)26(33)34-14-22(30)27-19-7-4-6-18(13-19)16(2)29/h3-7,9-13,15,21,23H,8,14H2,1-2H3,(H,27,30)/t15-,21+,23+/m0/s1. The van der Waals surface area contributed by atoms with Crippen molar-refractivity contribution in [1.82, 2.24) is 0 Å². The van der Waals surface area contributed by atoms with E-state index in [1.165, 1.54) is 42.2 Å². The molecule has 4 rings (SSSR count). The van der Waals surface area contributed by atoms with Crippen LogP contribution in [0.1, 0.15) is 41.0 Å². The lowest BCUT2D eigenvalue weighted by molar-refractivity contribution is -0.123. The van der Waals surface area contributed by atoms with Gasteiger partial charge in [-0.05, 0) is 55.7 Å². The van der Waals surface area contributed by atoms with Gasteiger partial charge in [-0.3, -0.25) is 24.1 Å². The molecular weight excluding hydrogens is 436 g/mol. The van der Waals surface area contributed by atoms with E-state index in [-0.39, 0.29) is 40.9 Å². The quantitative estimate of drug-likeness (QED) is 0.306. The fourth-order valence-corrected chi connectivity index (χ4v) is 4.38. The Morgan fingerprint density at radius 3 is 2.44 bits per heavy atom. The number of Topliss-reactive ketones (excluding diaryl/α,β-unsaturated/α-hetero) is 1. The number of benzene rings is 2. The van der Waals surface area contributed by atoms with Gasteiger partial charge in [0.25, 0.3) is 5.91 Å². The minimum Gasteiger partial charge on any atom is -0.452 e. The zero-order chi connectivity index (χ0) is 24.4. The normalized spacial score (nSPS) is 21.2. The first-order chi connectivity index (χ1) is 16.3. The van der Waals surface area contributed by atoms with E-state index in [1.807, 2.05) is 19.1 Å². The third-order valence-corrected chi connectivity index (χ3v) is 6.12. The lowest BCUT2D eigenvalue weighted by Gasteiger charge is -2.22. The van der Waals surface area contributed by atoms with E-state index in [0.29, 0.717) is 23.4 Å². The Morgan fingerprint density at radius 2 is 1.76 bits per heavy atom. The molecule has 1 aliphatic heterocycles. The molecule has 1 saturated heterocycles. The zero-order valence-corrected chi connectivity index (χ0v) is 18.8. The van der Waals surface area contributed by atoms with Crippen LogP contribution in [0.25, 0.3) is 0 Å². The number of ether oxygens (including phenoxy) is 1. The van der Waals surface area contributed by atoms with Gasteiger partial charge in [-0.1, -0.05) is 31.2 Å². The van der Waals surface area contributed by atoms with E-state index in [4.69, 9.17) is 4.74 Å². The number of hydrogen-bond acceptors (Lipinski definition) is 6. The number of carbonyl (C=O) groups excluding carboxylic acids is 5. The van der Waals surface area contributed by atoms with Crippen LogP contribution in [-0.2, 0) is 19.1 Å². The molecule has 34 heavy (non-hydrogen) atoms. The van der Waals surface area contributed by atoms with Crippen LogP contribution < -0.4 is 10.2 Å². The predicted octanol–water partition coefficient (Wildman–Crippen LogP) is 3.39. The van der Waals surface area contributed by atoms with E-state index in [9.17, 15) is 24.0 Å². The van der Waals surface area contributed by atoms with Crippen LogP contribution in [0.4, 0.5) is 11.4 Å². The summed E-state index contributed by atoms with van der Waals surface area (Å²) < 4.78 is 5.06. The van der Waals surface area contributed by atoms with Gasteiger partial charge in [-0.25, -0.2) is 4.79 Å². The average molecular weight is 460 g/mol. The van der Waals surface area contributed by atoms with Crippen molar-refractivity contribution >= 4 is 40.8 Å². The summed E-state index contributed by atoms with van der Waals surface area (Å²) >= 11 is 0. The first-order valence-electron chi connectivity index (χ1n) is 11.0. The highest BCUT2D eigenvalue weighted by Gasteiger charge is 2.50. The molecule has 2 aliphatic rings. The van der Waals surface area contributed by atoms with Gasteiger partial charge in [0.05, 0.1) is 23.1 Å². The van der Waals surface area contributed by atoms with E-state index < -0.39 is 18.5 Å². The number of allylic oxidation sites excluding steroid dienone is 2. The van der Waals surface area contributed by atoms with E-state index >= 15 is 0 Å². The molecule has 0 radical (unpaired) electrons. The molecule has 0 unspecified atom stereocenters. The Kier molecular flexibility index (Phi) is 6.40. The summed E-state index contributed by atoms with van der Waals surface area (Å²) in [4.78, 5) is 62.8. The molecule has 8 heteroatoms. The maximum atomic E-state index is 12.9. The molecule has 1 heterocycles. The van der Waals surface area contributed by atoms with Gasteiger partial charge < -0.3 is 10.1 Å². The van der Waals surface area contributed by atoms with Crippen molar-refractivity contribution in [3.8, 4) is 0 Å². The molecule has 0 bridgehead atoms. The summed E-state index contributed by atoms with van der Waals surface area (Å²) in [6.45, 7) is 2.84. The molecule has 3 amide bonds. The summed E-state index contributed by atoms with van der Waals surface area (Å²) in [5.74, 6) is -2.59. The lowest BCUT2D eigenvalue weighted by atomic mass is 9.78. The van der Waals surface area contributed by atoms with Crippen LogP contribution in [0.2, 0.25) is 0 Å². The number of rotatable bonds is 6. The number of anilines is 2. The van der Waals surface area contributed by atoms with Gasteiger partial charge in [0.15, 0.2) is 12.4 Å². The van der Waals surface area contributed by atoms with Crippen molar-refractivity contribution in [3.05, 3.63) is 71.8 Å². The minimum atomic E-state index is -0.718. The molecule has 1 fully saturated rings. The number of nitrogens with zero attached hydrogens (tertiary/aromatic N) is 1. The molecule has 2 aromatic carbocycles. The molecule has 174 valence electrons. The number of esters is 1. The molecule has 0 spiro atoms. The first kappa shape index (κ1) is 23.1. The summed E-state index contributed by atoms with van der Waals surface area (Å²) in [6, 6.07) is 12.4. The molecule has 0 saturated carbocycles. The fraction of sp³-hybridized carbons (Fsp3) is 0.269. The van der Waals surface area contributed by atoms with Crippen molar-refractivity contribution < 1.29 is 28.7 Å². The van der Waals surface area contributed by atoms with Gasteiger partial charge in [-0.2, -0.15) is 0 Å². The van der Waals surface area contributed by atoms with Gasteiger partial charge in [0.2, 0.25) is 11.8 Å². The number of ketones is 1. The Hall–Kier alpha value is -4.07. The van der Waals surface area contributed by atoms with Crippen molar-refractivity contribution in [1.29, 1.82) is 0 Å². The topological polar surface area (TPSA) is 110 Å². The Bertz CT molecular complexity index is 1200. The minimum absolute atomic E-state index is 0.00877. The second-order valence-electron chi connectivity index (χ2n) is 8.48. The molecule has 0 aromatic heterocycles. The Balaban J connectivity index is 1.36. The number of imide groups is 1. The number of nitrogens with one attached hydrogen (secondary N) is 1. The van der Waals surface area contributed by atoms with Crippen LogP contribution in [-0.4, -0.2) is 36.1 Å². The highest BCUT2D eigenvalue weighted by molar-refractivity contribution is 6.22. The summed E-state index contributed by atoms with van der Waals surface area (Å²) in [6.07, 6.45) is 4.45. The molecule has 8 nitrogen and oxygen atoms in total. The third kappa shape index (κ3) is 4.52. The summed E-state index contributed by atoms with van der Waals surface area (Å²) in [5, 5.41) is 2.57. The summed E-state index contributed by atoms with van der Waals surface area (Å²) in [5.41, 5.74) is 1.45. The number of carbonyl (C=O) groups is 5. The maximum Gasteiger partial charge on any atom is 0.338 e. The predicted molar refractivity (Wildman–Crippen MR) is 124 cm³/mol. The second kappa shape index (κ2) is 9.43. The number of hydrogen-bond donors (Lipinski definition) is 1. The second-order valence-corrected chi connectivity index (χ2v) is 8.48. The van der Waals surface area contributed by atoms with E-state index in [2.05, 4.69) is 5.32 Å². The van der Waals surface area contributed by atoms with Crippen LogP contribution in [0.5, 0.6) is 0 Å². The number of fused-ring (bicyclic) bond motifs is 1. The van der Waals surface area contributed by atoms with Gasteiger partial charge in [-0.15, -0.1) is 0 Å². The van der Waals surface area contributed by atoms with Crippen LogP contribution >= 0.6 is 0 Å². The van der Waals surface area contributed by atoms with Gasteiger partial charge in [0.1, 0.15) is 0 Å². The summed E-state index contributed by atoms with van der Waals surface area (Å²) in [7, 11) is 0. The first-order valence-corrected chi connectivity index (χ1v) is 11.0. The lowest BCUT2D eigenvalue weighted by Crippen LogP contribution is -2.31. The van der Waals surface area contributed by atoms with Gasteiger partial charge in [0, 0.05) is 11.3 Å². The van der Waals surface area contributed by atoms with Gasteiger partial charge >= 0.3 is 5.97 Å². The van der Waals surface area contributed by atoms with Crippen molar-refractivity contribution in [2.45, 2.75) is 20.3 Å². The van der Waals surface area contributed by atoms with E-state index in [1.54, 1.807) is 18.2 Å². The van der Waals surface area contributed by atoms with E-state index in [0.717, 1.165) is 0 Å². The molecule has 3 atom stereocenters. The molecule has 2 aromatic rings. The average Bonchev–Trinajstić information content (AvgIpc) is 3.08. The zero-order valence-electron chi connectivity index (χ0n) is 18.8. The van der Waals surface area contributed by atoms with Crippen LogP contribution in [0.3, 0.4) is 0 Å². The van der Waals surface area contributed by atoms with Crippen molar-refractivity contribution in [2.24, 2.45) is 17.8 Å². The molecule has 1 aliphatic carbocycles. The maximum absolute atomic E-state index is 12.9. The fourth-order valence-electron chi connectivity index (χ4n) is 4.38. The molecular formula is C26H24N2O6. The largest absolute Gasteiger partial charge is 0.452 e. The highest BCUT2D eigenvalue weighted by atomic mass is 16.5. The van der Waals surface area contributed by atoms with Crippen molar-refractivity contribution in [3.63, 3.8) is 0 Å². The van der Waals surface area contributed by atoms with Crippen molar-refractivity contribution in [2.75, 3.05) is 16.8 Å². The Labute approximate surface area is 196 Å². The Morgan fingerprint density at radius 1 is 1.03 bits per heavy atom. The van der Waals surface area contributed by atoms with Crippen LogP contribution in [0, 0.1) is 17.8 Å². The SMILES string of the molecule is CC(=O)c1cccc(NC(=O)COC(=O)c2ccc(N3C(=O)[C@@H]4[C@@H](C)C=CC[C@H]4C3=O)cc2)c1. The third-order valence-electron chi connectivity index (χ3n) is 6.12. The highest BCUT2D eigenvalue weighted by Crippen LogP contribution is 2.40. The smallest absolute Gasteiger partial charge is 0.338 e. The molecule has 1 N–H and O–H groups in total. The van der Waals surface area contributed by atoms with Crippen LogP contribution in [0.15, 0.2) is 60.7 Å². The monoisotopic (exact) mass is 460 g/mol.